The van der Waals surface area contributed by atoms with Crippen molar-refractivity contribution in [3.63, 3.8) is 0 Å². The van der Waals surface area contributed by atoms with Gasteiger partial charge in [0.15, 0.2) is 5.69 Å². The third kappa shape index (κ3) is 3.86. The Labute approximate surface area is 196 Å². The van der Waals surface area contributed by atoms with Gasteiger partial charge in [-0.1, -0.05) is 18.2 Å². The molecule has 0 atom stereocenters. The molecule has 0 aliphatic rings. The van der Waals surface area contributed by atoms with E-state index in [1.165, 1.54) is 4.68 Å². The number of methoxy groups -OCH3 is 1. The molecule has 12 heteroatoms. The fourth-order valence-corrected chi connectivity index (χ4v) is 3.98. The van der Waals surface area contributed by atoms with Gasteiger partial charge in [-0.15, -0.1) is 16.5 Å². The highest BCUT2D eigenvalue weighted by Crippen LogP contribution is 2.33. The topological polar surface area (TPSA) is 138 Å². The summed E-state index contributed by atoms with van der Waals surface area (Å²) in [4.78, 5) is 16.8. The molecule has 0 bridgehead atoms. The van der Waals surface area contributed by atoms with Crippen LogP contribution in [-0.4, -0.2) is 27.1 Å². The number of azo groups is 1. The van der Waals surface area contributed by atoms with Crippen LogP contribution in [0.2, 0.25) is 0 Å². The summed E-state index contributed by atoms with van der Waals surface area (Å²) in [5, 5.41) is 30.0. The summed E-state index contributed by atoms with van der Waals surface area (Å²) in [5.74, 6) is 0.227. The standard InChI is InChI=1S/C22H17N7O4S/c1-13-18(25-24-14-8-10-16(32-2)11-9-14)20(30)29(26-13)22-23-17(12-34-22)19-21(31)33-27-28(19)15-6-4-3-5-7-15/h3-12H,1-2H3,(H-,24,26,27,30,31). The third-order valence-corrected chi connectivity index (χ3v) is 5.72. The molecule has 0 fully saturated rings. The second-order valence-corrected chi connectivity index (χ2v) is 7.90. The Hall–Kier alpha value is -4.58. The molecular formula is C22H17N7O4S. The van der Waals surface area contributed by atoms with Crippen molar-refractivity contribution >= 4 is 22.7 Å². The van der Waals surface area contributed by atoms with Gasteiger partial charge >= 0.3 is 11.3 Å². The van der Waals surface area contributed by atoms with E-state index in [1.807, 2.05) is 30.3 Å². The molecule has 0 amide bonds. The van der Waals surface area contributed by atoms with E-state index in [2.05, 4.69) is 25.6 Å². The number of H-pyrrole nitrogens is 1. The van der Waals surface area contributed by atoms with Gasteiger partial charge in [-0.2, -0.15) is 10.2 Å². The van der Waals surface area contributed by atoms with Crippen LogP contribution in [0.4, 0.5) is 11.4 Å². The number of ether oxygens (including phenoxy) is 1. The molecule has 0 unspecified atom stereocenters. The van der Waals surface area contributed by atoms with Crippen molar-refractivity contribution in [2.24, 2.45) is 10.2 Å². The van der Waals surface area contributed by atoms with Crippen molar-refractivity contribution in [3.8, 4) is 33.8 Å². The molecule has 0 radical (unpaired) electrons. The average molecular weight is 475 g/mol. The lowest BCUT2D eigenvalue weighted by molar-refractivity contribution is -0.660. The van der Waals surface area contributed by atoms with Gasteiger partial charge in [0.1, 0.15) is 11.4 Å². The minimum absolute atomic E-state index is 0.105. The highest BCUT2D eigenvalue weighted by molar-refractivity contribution is 7.12. The number of aryl methyl sites for hydroxylation is 1. The zero-order valence-corrected chi connectivity index (χ0v) is 18.8. The Morgan fingerprint density at radius 2 is 1.91 bits per heavy atom. The van der Waals surface area contributed by atoms with Gasteiger partial charge in [0.2, 0.25) is 10.8 Å². The molecule has 0 saturated carbocycles. The molecule has 3 heterocycles. The minimum Gasteiger partial charge on any atom is -0.857 e. The maximum Gasteiger partial charge on any atom is 0.437 e. The highest BCUT2D eigenvalue weighted by Gasteiger charge is 2.28. The second kappa shape index (κ2) is 8.75. The van der Waals surface area contributed by atoms with Crippen LogP contribution in [0.3, 0.4) is 0 Å². The molecule has 0 aliphatic carbocycles. The van der Waals surface area contributed by atoms with Crippen LogP contribution in [0.1, 0.15) is 5.69 Å². The van der Waals surface area contributed by atoms with E-state index < -0.39 is 11.5 Å². The predicted molar refractivity (Wildman–Crippen MR) is 120 cm³/mol. The van der Waals surface area contributed by atoms with Gasteiger partial charge in [-0.05, 0) is 41.1 Å². The van der Waals surface area contributed by atoms with E-state index in [0.717, 1.165) is 16.0 Å². The fourth-order valence-electron chi connectivity index (χ4n) is 3.22. The lowest BCUT2D eigenvalue weighted by Crippen LogP contribution is -2.36. The number of benzene rings is 2. The Kier molecular flexibility index (Phi) is 5.47. The summed E-state index contributed by atoms with van der Waals surface area (Å²) in [6, 6.07) is 16.1. The van der Waals surface area contributed by atoms with Crippen LogP contribution in [0.25, 0.3) is 22.2 Å². The Bertz CT molecular complexity index is 1530. The van der Waals surface area contributed by atoms with Gasteiger partial charge < -0.3 is 9.84 Å². The van der Waals surface area contributed by atoms with Gasteiger partial charge in [0, 0.05) is 23.4 Å². The van der Waals surface area contributed by atoms with Gasteiger partial charge in [0.05, 0.1) is 18.5 Å². The molecule has 34 heavy (non-hydrogen) atoms. The zero-order chi connectivity index (χ0) is 23.7. The Morgan fingerprint density at radius 3 is 2.65 bits per heavy atom. The maximum atomic E-state index is 13.0. The summed E-state index contributed by atoms with van der Waals surface area (Å²) >= 11 is 1.16. The molecule has 1 N–H and O–H groups in total. The number of para-hydroxylation sites is 1. The monoisotopic (exact) mass is 475 g/mol. The van der Waals surface area contributed by atoms with Crippen molar-refractivity contribution < 1.29 is 19.0 Å². The minimum atomic E-state index is -0.589. The first-order valence-corrected chi connectivity index (χ1v) is 10.9. The second-order valence-electron chi connectivity index (χ2n) is 7.06. The van der Waals surface area contributed by atoms with Crippen LogP contribution in [0.5, 0.6) is 11.6 Å². The lowest BCUT2D eigenvalue weighted by atomic mass is 10.3. The summed E-state index contributed by atoms with van der Waals surface area (Å²) < 4.78 is 12.7. The van der Waals surface area contributed by atoms with Crippen molar-refractivity contribution in [3.05, 3.63) is 76.1 Å². The normalized spacial score (nSPS) is 11.4. The van der Waals surface area contributed by atoms with Crippen LogP contribution < -0.4 is 20.2 Å². The largest absolute Gasteiger partial charge is 0.857 e. The van der Waals surface area contributed by atoms with E-state index >= 15 is 0 Å². The number of hydrogen-bond donors (Lipinski definition) is 1. The van der Waals surface area contributed by atoms with Crippen LogP contribution in [-0.2, 0) is 0 Å². The van der Waals surface area contributed by atoms with Gasteiger partial charge in [-0.25, -0.2) is 14.5 Å². The van der Waals surface area contributed by atoms with Gasteiger partial charge in [0.25, 0.3) is 0 Å². The first-order chi connectivity index (χ1) is 16.5. The van der Waals surface area contributed by atoms with Gasteiger partial charge in [-0.3, -0.25) is 4.52 Å². The number of hydrogen-bond acceptors (Lipinski definition) is 9. The number of nitrogens with zero attached hydrogens (tertiary/aromatic N) is 6. The molecule has 11 nitrogen and oxygen atoms in total. The summed E-state index contributed by atoms with van der Waals surface area (Å²) in [6.07, 6.45) is 0. The third-order valence-electron chi connectivity index (χ3n) is 4.90. The molecule has 5 aromatic rings. The van der Waals surface area contributed by atoms with Crippen molar-refractivity contribution in [1.82, 2.24) is 20.0 Å². The van der Waals surface area contributed by atoms with E-state index in [1.54, 1.807) is 43.7 Å². The van der Waals surface area contributed by atoms with Crippen molar-refractivity contribution in [2.45, 2.75) is 6.92 Å². The molecule has 0 spiro atoms. The number of nitrogens with one attached hydrogen (secondary N) is 1. The first-order valence-electron chi connectivity index (χ1n) is 10.0. The zero-order valence-electron chi connectivity index (χ0n) is 18.0. The summed E-state index contributed by atoms with van der Waals surface area (Å²) in [7, 11) is 1.58. The number of aromatic amines is 1. The number of rotatable bonds is 6. The maximum absolute atomic E-state index is 13.0. The van der Waals surface area contributed by atoms with Crippen molar-refractivity contribution in [1.29, 1.82) is 0 Å². The summed E-state index contributed by atoms with van der Waals surface area (Å²) in [5.41, 5.74) is 1.71. The number of thiazole rings is 1. The highest BCUT2D eigenvalue weighted by atomic mass is 32.1. The molecule has 0 saturated heterocycles. The Morgan fingerprint density at radius 1 is 1.15 bits per heavy atom. The fraction of sp³-hybridized carbons (Fsp3) is 0.0909. The molecule has 5 rings (SSSR count). The smallest absolute Gasteiger partial charge is 0.437 e. The lowest BCUT2D eigenvalue weighted by Gasteiger charge is -2.07. The van der Waals surface area contributed by atoms with E-state index in [-0.39, 0.29) is 16.5 Å². The molecular weight excluding hydrogens is 458 g/mol. The van der Waals surface area contributed by atoms with E-state index in [0.29, 0.717) is 28.5 Å². The van der Waals surface area contributed by atoms with Crippen LogP contribution in [0, 0.1) is 6.92 Å². The van der Waals surface area contributed by atoms with Crippen LogP contribution >= 0.6 is 11.3 Å². The molecule has 3 aromatic heterocycles. The molecule has 2 aromatic carbocycles. The Balaban J connectivity index is 1.47. The van der Waals surface area contributed by atoms with Crippen LogP contribution in [0.15, 0.2) is 79.5 Å². The number of aromatic nitrogens is 5. The molecule has 0 aliphatic heterocycles. The van der Waals surface area contributed by atoms with E-state index in [4.69, 9.17) is 9.26 Å². The van der Waals surface area contributed by atoms with E-state index in [9.17, 15) is 9.90 Å². The molecule has 170 valence electrons. The average Bonchev–Trinajstić information content (AvgIpc) is 3.56. The van der Waals surface area contributed by atoms with Crippen molar-refractivity contribution in [2.75, 3.05) is 7.11 Å². The first kappa shape index (κ1) is 21.3. The predicted octanol–water partition coefficient (Wildman–Crippen LogP) is 3.36. The SMILES string of the molecule is COc1ccc(N=Nc2c(C)nn(-c3nc(-c4c(=O)o[nH][n+]4-c4ccccc4)cs3)c2[O-])cc1. The summed E-state index contributed by atoms with van der Waals surface area (Å²) in [6.45, 7) is 1.67. The quantitative estimate of drug-likeness (QED) is 0.295.